The number of hydrogen-bond donors (Lipinski definition) is 0. The summed E-state index contributed by atoms with van der Waals surface area (Å²) in [6, 6.07) is 17.1. The Bertz CT molecular complexity index is 1510. The summed E-state index contributed by atoms with van der Waals surface area (Å²) in [5.74, 6) is 0. The van der Waals surface area contributed by atoms with Crippen LogP contribution in [0.15, 0.2) is 87.1 Å². The predicted molar refractivity (Wildman–Crippen MR) is 146 cm³/mol. The third-order valence-electron chi connectivity index (χ3n) is 6.74. The Kier molecular flexibility index (Phi) is 8.92. The van der Waals surface area contributed by atoms with Gasteiger partial charge in [0.25, 0.3) is 0 Å². The smallest absolute Gasteiger partial charge is 0.207 e. The summed E-state index contributed by atoms with van der Waals surface area (Å²) < 4.78 is 96.5. The van der Waals surface area contributed by atoms with Crippen molar-refractivity contribution in [3.63, 3.8) is 0 Å². The van der Waals surface area contributed by atoms with Crippen LogP contribution < -0.4 is 0 Å². The van der Waals surface area contributed by atoms with E-state index in [4.69, 9.17) is 0 Å². The number of nitrogens with zero attached hydrogens (tertiary/aromatic N) is 2. The van der Waals surface area contributed by atoms with Gasteiger partial charge in [0.2, 0.25) is 20.0 Å². The van der Waals surface area contributed by atoms with Crippen LogP contribution >= 0.6 is 15.9 Å². The van der Waals surface area contributed by atoms with Crippen LogP contribution in [0.2, 0.25) is 0 Å². The first-order valence-electron chi connectivity index (χ1n) is 12.3. The lowest BCUT2D eigenvalue weighted by Crippen LogP contribution is -2.38. The van der Waals surface area contributed by atoms with Crippen molar-refractivity contribution in [3.8, 4) is 0 Å². The van der Waals surface area contributed by atoms with E-state index in [2.05, 4.69) is 15.9 Å². The molecule has 1 aliphatic rings. The second kappa shape index (κ2) is 11.7. The van der Waals surface area contributed by atoms with Crippen LogP contribution in [-0.2, 0) is 39.3 Å². The SMILES string of the molecule is CN(Cc1ccccc1)S(=O)(=O)c1ccc(S(=O)(=O)N(Cc2cc(Br)cc(C(F)(F)F)c2)C2CCCC2)cc1. The van der Waals surface area contributed by atoms with Crippen molar-refractivity contribution in [2.45, 2.75) is 60.8 Å². The molecule has 0 N–H and O–H groups in total. The molecule has 0 bridgehead atoms. The Labute approximate surface area is 235 Å². The van der Waals surface area contributed by atoms with Crippen LogP contribution in [0.3, 0.4) is 0 Å². The molecule has 0 saturated heterocycles. The van der Waals surface area contributed by atoms with E-state index < -0.39 is 31.8 Å². The highest BCUT2D eigenvalue weighted by Crippen LogP contribution is 2.35. The van der Waals surface area contributed by atoms with Crippen LogP contribution in [0.25, 0.3) is 0 Å². The minimum atomic E-state index is -4.58. The zero-order valence-electron chi connectivity index (χ0n) is 21.1. The van der Waals surface area contributed by atoms with Gasteiger partial charge in [-0.25, -0.2) is 16.8 Å². The van der Waals surface area contributed by atoms with Gasteiger partial charge in [0.05, 0.1) is 15.4 Å². The first-order chi connectivity index (χ1) is 18.3. The standard InChI is InChI=1S/C27H28BrF3N2O4S2/c1-32(18-20-7-3-2-4-8-20)38(34,35)25-11-13-26(14-12-25)39(36,37)33(24-9-5-6-10-24)19-21-15-22(27(29,30)31)17-23(28)16-21/h2-4,7-8,11-17,24H,5-6,9-10,18-19H2,1H3. The highest BCUT2D eigenvalue weighted by molar-refractivity contribution is 9.10. The molecule has 0 aliphatic heterocycles. The molecule has 3 aromatic rings. The van der Waals surface area contributed by atoms with E-state index in [9.17, 15) is 30.0 Å². The molecule has 1 fully saturated rings. The maximum Gasteiger partial charge on any atom is 0.416 e. The van der Waals surface area contributed by atoms with Crippen molar-refractivity contribution in [1.82, 2.24) is 8.61 Å². The quantitative estimate of drug-likeness (QED) is 0.269. The second-order valence-electron chi connectivity index (χ2n) is 9.55. The topological polar surface area (TPSA) is 74.8 Å². The van der Waals surface area contributed by atoms with E-state index in [0.717, 1.165) is 30.5 Å². The fraction of sp³-hybridized carbons (Fsp3) is 0.333. The molecule has 12 heteroatoms. The van der Waals surface area contributed by atoms with Gasteiger partial charge >= 0.3 is 6.18 Å². The van der Waals surface area contributed by atoms with Gasteiger partial charge in [0.1, 0.15) is 0 Å². The van der Waals surface area contributed by atoms with E-state index in [1.165, 1.54) is 46.0 Å². The van der Waals surface area contributed by atoms with Crippen LogP contribution in [0, 0.1) is 0 Å². The van der Waals surface area contributed by atoms with Crippen LogP contribution in [0.1, 0.15) is 42.4 Å². The van der Waals surface area contributed by atoms with Gasteiger partial charge in [-0.15, -0.1) is 0 Å². The summed E-state index contributed by atoms with van der Waals surface area (Å²) in [6.07, 6.45) is -1.77. The highest BCUT2D eigenvalue weighted by Gasteiger charge is 2.35. The van der Waals surface area contributed by atoms with Crippen molar-refractivity contribution < 1.29 is 30.0 Å². The van der Waals surface area contributed by atoms with Crippen LogP contribution in [-0.4, -0.2) is 38.5 Å². The van der Waals surface area contributed by atoms with Crippen molar-refractivity contribution in [2.75, 3.05) is 7.05 Å². The molecule has 39 heavy (non-hydrogen) atoms. The monoisotopic (exact) mass is 644 g/mol. The molecule has 0 amide bonds. The normalized spacial score (nSPS) is 15.4. The van der Waals surface area contributed by atoms with Gasteiger partial charge in [-0.3, -0.25) is 0 Å². The fourth-order valence-corrected chi connectivity index (χ4v) is 8.09. The molecule has 4 rings (SSSR count). The van der Waals surface area contributed by atoms with E-state index >= 15 is 0 Å². The number of sulfonamides is 2. The third-order valence-corrected chi connectivity index (χ3v) is 10.9. The summed E-state index contributed by atoms with van der Waals surface area (Å²) in [4.78, 5) is -0.181. The molecular formula is C27H28BrF3N2O4S2. The second-order valence-corrected chi connectivity index (χ2v) is 14.4. The van der Waals surface area contributed by atoms with Gasteiger partial charge in [-0.05, 0) is 66.4 Å². The molecule has 0 spiro atoms. The largest absolute Gasteiger partial charge is 0.416 e. The lowest BCUT2D eigenvalue weighted by molar-refractivity contribution is -0.137. The molecule has 6 nitrogen and oxygen atoms in total. The Balaban J connectivity index is 1.62. The summed E-state index contributed by atoms with van der Waals surface area (Å²) >= 11 is 3.10. The molecule has 1 aliphatic carbocycles. The summed E-state index contributed by atoms with van der Waals surface area (Å²) in [5.41, 5.74) is 0.134. The Morgan fingerprint density at radius 1 is 0.795 bits per heavy atom. The minimum Gasteiger partial charge on any atom is -0.207 e. The number of rotatable bonds is 9. The number of alkyl halides is 3. The summed E-state index contributed by atoms with van der Waals surface area (Å²) in [7, 11) is -6.59. The maximum absolute atomic E-state index is 13.8. The predicted octanol–water partition coefficient (Wildman–Crippen LogP) is 6.42. The van der Waals surface area contributed by atoms with E-state index in [1.807, 2.05) is 30.3 Å². The van der Waals surface area contributed by atoms with Crippen molar-refractivity contribution in [1.29, 1.82) is 0 Å². The van der Waals surface area contributed by atoms with Gasteiger partial charge in [0, 0.05) is 30.7 Å². The summed E-state index contributed by atoms with van der Waals surface area (Å²) in [6.45, 7) is -0.0966. The molecule has 0 atom stereocenters. The maximum atomic E-state index is 13.8. The summed E-state index contributed by atoms with van der Waals surface area (Å²) in [5, 5.41) is 0. The highest BCUT2D eigenvalue weighted by atomic mass is 79.9. The third kappa shape index (κ3) is 6.91. The van der Waals surface area contributed by atoms with Crippen molar-refractivity contribution in [3.05, 3.63) is 94.0 Å². The molecule has 1 saturated carbocycles. The Morgan fingerprint density at radius 2 is 1.36 bits per heavy atom. The number of hydrogen-bond acceptors (Lipinski definition) is 4. The number of benzene rings is 3. The van der Waals surface area contributed by atoms with Gasteiger partial charge in [0.15, 0.2) is 0 Å². The fourth-order valence-electron chi connectivity index (χ4n) is 4.71. The molecule has 3 aromatic carbocycles. The lowest BCUT2D eigenvalue weighted by Gasteiger charge is -2.28. The molecule has 0 heterocycles. The average molecular weight is 646 g/mol. The molecule has 0 aromatic heterocycles. The van der Waals surface area contributed by atoms with Crippen LogP contribution in [0.5, 0.6) is 0 Å². The van der Waals surface area contributed by atoms with Gasteiger partial charge < -0.3 is 0 Å². The first kappa shape index (κ1) is 29.7. The minimum absolute atomic E-state index is 0.0610. The van der Waals surface area contributed by atoms with E-state index in [1.54, 1.807) is 0 Å². The van der Waals surface area contributed by atoms with E-state index in [-0.39, 0.29) is 39.0 Å². The van der Waals surface area contributed by atoms with Crippen LogP contribution in [0.4, 0.5) is 13.2 Å². The van der Waals surface area contributed by atoms with Gasteiger partial charge in [-0.1, -0.05) is 59.1 Å². The zero-order valence-corrected chi connectivity index (χ0v) is 24.3. The lowest BCUT2D eigenvalue weighted by atomic mass is 10.1. The number of halogens is 4. The Morgan fingerprint density at radius 3 is 1.92 bits per heavy atom. The van der Waals surface area contributed by atoms with Crippen molar-refractivity contribution in [2.24, 2.45) is 0 Å². The molecular weight excluding hydrogens is 617 g/mol. The van der Waals surface area contributed by atoms with E-state index in [0.29, 0.717) is 12.8 Å². The first-order valence-corrected chi connectivity index (χ1v) is 15.9. The molecule has 0 radical (unpaired) electrons. The molecule has 0 unspecified atom stereocenters. The average Bonchev–Trinajstić information content (AvgIpc) is 3.41. The Hall–Kier alpha value is -2.25. The molecule has 210 valence electrons. The zero-order chi connectivity index (χ0) is 28.4. The van der Waals surface area contributed by atoms with Crippen molar-refractivity contribution >= 4 is 36.0 Å². The van der Waals surface area contributed by atoms with Gasteiger partial charge in [-0.2, -0.15) is 21.8 Å².